The first-order valence-corrected chi connectivity index (χ1v) is 7.89. The zero-order valence-electron chi connectivity index (χ0n) is 13.9. The van der Waals surface area contributed by atoms with Gasteiger partial charge in [0.15, 0.2) is 11.3 Å². The van der Waals surface area contributed by atoms with E-state index in [-0.39, 0.29) is 17.9 Å². The third kappa shape index (κ3) is 3.92. The average Bonchev–Trinajstić information content (AvgIpc) is 2.59. The SMILES string of the molecule is CCOC(=O)c1c([N+](=O)[O-])cc(NC(=O)c2ccc(C)cc2)c(O)c1Cl. The number of carbonyl (C=O) groups is 2. The maximum Gasteiger partial charge on any atom is 0.346 e. The van der Waals surface area contributed by atoms with Gasteiger partial charge in [-0.1, -0.05) is 29.3 Å². The van der Waals surface area contributed by atoms with Crippen LogP contribution in [0.3, 0.4) is 0 Å². The summed E-state index contributed by atoms with van der Waals surface area (Å²) >= 11 is 5.92. The average molecular weight is 379 g/mol. The van der Waals surface area contributed by atoms with E-state index in [1.54, 1.807) is 24.3 Å². The van der Waals surface area contributed by atoms with Gasteiger partial charge >= 0.3 is 5.97 Å². The van der Waals surface area contributed by atoms with Crippen LogP contribution in [-0.4, -0.2) is 28.5 Å². The van der Waals surface area contributed by atoms with Crippen LogP contribution in [0.2, 0.25) is 5.02 Å². The molecule has 136 valence electrons. The summed E-state index contributed by atoms with van der Waals surface area (Å²) in [6.07, 6.45) is 0. The summed E-state index contributed by atoms with van der Waals surface area (Å²) in [5.41, 5.74) is -0.333. The fourth-order valence-corrected chi connectivity index (χ4v) is 2.44. The van der Waals surface area contributed by atoms with E-state index in [0.717, 1.165) is 11.6 Å². The molecule has 8 nitrogen and oxygen atoms in total. The highest BCUT2D eigenvalue weighted by atomic mass is 35.5. The lowest BCUT2D eigenvalue weighted by molar-refractivity contribution is -0.385. The van der Waals surface area contributed by atoms with Crippen LogP contribution in [0.5, 0.6) is 5.75 Å². The number of nitro benzene ring substituents is 1. The zero-order chi connectivity index (χ0) is 19.4. The number of carbonyl (C=O) groups excluding carboxylic acids is 2. The quantitative estimate of drug-likeness (QED) is 0.354. The van der Waals surface area contributed by atoms with Crippen LogP contribution >= 0.6 is 11.6 Å². The molecule has 2 aromatic carbocycles. The number of phenols is 1. The smallest absolute Gasteiger partial charge is 0.346 e. The second-order valence-corrected chi connectivity index (χ2v) is 5.66. The summed E-state index contributed by atoms with van der Waals surface area (Å²) in [5, 5.41) is 23.2. The van der Waals surface area contributed by atoms with Crippen molar-refractivity contribution in [2.24, 2.45) is 0 Å². The number of nitrogens with one attached hydrogen (secondary N) is 1. The molecule has 0 heterocycles. The van der Waals surface area contributed by atoms with Gasteiger partial charge in [-0.05, 0) is 26.0 Å². The summed E-state index contributed by atoms with van der Waals surface area (Å²) in [5.74, 6) is -2.31. The maximum absolute atomic E-state index is 12.3. The van der Waals surface area contributed by atoms with Crippen molar-refractivity contribution in [2.75, 3.05) is 11.9 Å². The molecule has 1 amide bonds. The number of phenolic OH excluding ortho intramolecular Hbond substituents is 1. The largest absolute Gasteiger partial charge is 0.504 e. The van der Waals surface area contributed by atoms with Crippen molar-refractivity contribution in [1.29, 1.82) is 0 Å². The monoisotopic (exact) mass is 378 g/mol. The Hall–Kier alpha value is -3.13. The molecule has 0 aliphatic carbocycles. The molecule has 0 fully saturated rings. The van der Waals surface area contributed by atoms with Crippen molar-refractivity contribution >= 4 is 34.9 Å². The molecule has 0 saturated heterocycles. The number of anilines is 1. The predicted molar refractivity (Wildman–Crippen MR) is 94.9 cm³/mol. The number of rotatable bonds is 5. The lowest BCUT2D eigenvalue weighted by atomic mass is 10.1. The number of esters is 1. The van der Waals surface area contributed by atoms with E-state index in [4.69, 9.17) is 16.3 Å². The summed E-state index contributed by atoms with van der Waals surface area (Å²) < 4.78 is 4.73. The molecule has 0 aliphatic rings. The minimum absolute atomic E-state index is 0.0288. The topological polar surface area (TPSA) is 119 Å². The highest BCUT2D eigenvalue weighted by molar-refractivity contribution is 6.36. The minimum atomic E-state index is -1.05. The van der Waals surface area contributed by atoms with Crippen molar-refractivity contribution in [2.45, 2.75) is 13.8 Å². The molecule has 0 atom stereocenters. The third-order valence-electron chi connectivity index (χ3n) is 3.46. The number of aryl methyl sites for hydroxylation is 1. The summed E-state index contributed by atoms with van der Waals surface area (Å²) in [6, 6.07) is 7.41. The van der Waals surface area contributed by atoms with Gasteiger partial charge < -0.3 is 15.2 Å². The Kier molecular flexibility index (Phi) is 5.78. The van der Waals surface area contributed by atoms with E-state index in [1.807, 2.05) is 6.92 Å². The van der Waals surface area contributed by atoms with Crippen LogP contribution in [0.4, 0.5) is 11.4 Å². The minimum Gasteiger partial charge on any atom is -0.504 e. The van der Waals surface area contributed by atoms with E-state index in [0.29, 0.717) is 0 Å². The van der Waals surface area contributed by atoms with E-state index in [1.165, 1.54) is 6.92 Å². The number of ether oxygens (including phenoxy) is 1. The molecule has 0 saturated carbocycles. The van der Waals surface area contributed by atoms with Crippen molar-refractivity contribution < 1.29 is 24.4 Å². The molecule has 2 rings (SSSR count). The molecule has 0 bridgehead atoms. The van der Waals surface area contributed by atoms with Gasteiger partial charge in [-0.2, -0.15) is 0 Å². The molecule has 2 N–H and O–H groups in total. The molecular formula is C17H15ClN2O6. The fraction of sp³-hybridized carbons (Fsp3) is 0.176. The standard InChI is InChI=1S/C17H15ClN2O6/c1-3-26-17(23)13-12(20(24)25)8-11(15(21)14(13)18)19-16(22)10-6-4-9(2)5-7-10/h4-8,21H,3H2,1-2H3,(H,19,22). The van der Waals surface area contributed by atoms with Gasteiger partial charge in [0.25, 0.3) is 11.6 Å². The van der Waals surface area contributed by atoms with E-state index >= 15 is 0 Å². The van der Waals surface area contributed by atoms with Crippen LogP contribution in [0.1, 0.15) is 33.2 Å². The molecule has 0 aliphatic heterocycles. The molecule has 26 heavy (non-hydrogen) atoms. The predicted octanol–water partition coefficient (Wildman–Crippen LogP) is 3.69. The second-order valence-electron chi connectivity index (χ2n) is 5.28. The van der Waals surface area contributed by atoms with Crippen molar-refractivity contribution in [1.82, 2.24) is 0 Å². The number of hydrogen-bond acceptors (Lipinski definition) is 6. The number of aromatic hydroxyl groups is 1. The number of nitro groups is 1. The molecule has 2 aromatic rings. The van der Waals surface area contributed by atoms with E-state index in [9.17, 15) is 24.8 Å². The lowest BCUT2D eigenvalue weighted by Gasteiger charge is -2.12. The fourth-order valence-electron chi connectivity index (χ4n) is 2.16. The molecule has 0 spiro atoms. The number of halogens is 1. The Morgan fingerprint density at radius 3 is 2.46 bits per heavy atom. The Bertz CT molecular complexity index is 880. The number of hydrogen-bond donors (Lipinski definition) is 2. The molecule has 0 unspecified atom stereocenters. The first-order chi connectivity index (χ1) is 12.3. The third-order valence-corrected chi connectivity index (χ3v) is 3.83. The summed E-state index contributed by atoms with van der Waals surface area (Å²) in [7, 11) is 0. The van der Waals surface area contributed by atoms with Crippen molar-refractivity contribution in [3.05, 3.63) is 62.2 Å². The van der Waals surface area contributed by atoms with Gasteiger partial charge in [-0.15, -0.1) is 0 Å². The number of amides is 1. The van der Waals surface area contributed by atoms with Crippen molar-refractivity contribution in [3.8, 4) is 5.75 Å². The van der Waals surface area contributed by atoms with Crippen molar-refractivity contribution in [3.63, 3.8) is 0 Å². The first kappa shape index (κ1) is 19.2. The summed E-state index contributed by atoms with van der Waals surface area (Å²) in [6.45, 7) is 3.34. The van der Waals surface area contributed by atoms with Crippen LogP contribution < -0.4 is 5.32 Å². The highest BCUT2D eigenvalue weighted by Crippen LogP contribution is 2.41. The van der Waals surface area contributed by atoms with E-state index in [2.05, 4.69) is 5.32 Å². The number of nitrogens with zero attached hydrogens (tertiary/aromatic N) is 1. The van der Waals surface area contributed by atoms with Crippen LogP contribution in [0.15, 0.2) is 30.3 Å². The Morgan fingerprint density at radius 1 is 1.31 bits per heavy atom. The van der Waals surface area contributed by atoms with Gasteiger partial charge in [0.05, 0.1) is 17.2 Å². The van der Waals surface area contributed by atoms with Gasteiger partial charge in [-0.3, -0.25) is 14.9 Å². The second kappa shape index (κ2) is 7.83. The Labute approximate surface area is 153 Å². The Balaban J connectivity index is 2.46. The first-order valence-electron chi connectivity index (χ1n) is 7.51. The molecule has 0 radical (unpaired) electrons. The van der Waals surface area contributed by atoms with Crippen LogP contribution in [0.25, 0.3) is 0 Å². The van der Waals surface area contributed by atoms with E-state index < -0.39 is 38.8 Å². The highest BCUT2D eigenvalue weighted by Gasteiger charge is 2.30. The van der Waals surface area contributed by atoms with Gasteiger partial charge in [0.1, 0.15) is 5.02 Å². The van der Waals surface area contributed by atoms with Crippen LogP contribution in [-0.2, 0) is 4.74 Å². The normalized spacial score (nSPS) is 10.3. The molecule has 9 heteroatoms. The maximum atomic E-state index is 12.3. The summed E-state index contributed by atoms with van der Waals surface area (Å²) in [4.78, 5) is 34.6. The lowest BCUT2D eigenvalue weighted by Crippen LogP contribution is -2.14. The van der Waals surface area contributed by atoms with Gasteiger partial charge in [-0.25, -0.2) is 4.79 Å². The molecule has 0 aromatic heterocycles. The molecular weight excluding hydrogens is 364 g/mol. The van der Waals surface area contributed by atoms with Gasteiger partial charge in [0, 0.05) is 11.6 Å². The zero-order valence-corrected chi connectivity index (χ0v) is 14.7. The van der Waals surface area contributed by atoms with Crippen LogP contribution in [0, 0.1) is 17.0 Å². The van der Waals surface area contributed by atoms with Gasteiger partial charge in [0.2, 0.25) is 0 Å². The number of benzene rings is 2. The Morgan fingerprint density at radius 2 is 1.92 bits per heavy atom.